The van der Waals surface area contributed by atoms with Gasteiger partial charge in [0.15, 0.2) is 0 Å². The first kappa shape index (κ1) is 8.11. The number of rotatable bonds is 1. The van der Waals surface area contributed by atoms with Crippen LogP contribution < -0.4 is 0 Å². The molecule has 72 valence electrons. The van der Waals surface area contributed by atoms with E-state index in [9.17, 15) is 0 Å². The van der Waals surface area contributed by atoms with Gasteiger partial charge in [0.1, 0.15) is 0 Å². The highest BCUT2D eigenvalue weighted by molar-refractivity contribution is 5.59. The van der Waals surface area contributed by atoms with Crippen LogP contribution in [0, 0.1) is 0 Å². The van der Waals surface area contributed by atoms with Gasteiger partial charge in [0.2, 0.25) is 0 Å². The van der Waals surface area contributed by atoms with E-state index in [4.69, 9.17) is 0 Å². The van der Waals surface area contributed by atoms with Crippen LogP contribution in [0.25, 0.3) is 16.8 Å². The summed E-state index contributed by atoms with van der Waals surface area (Å²) in [4.78, 5) is 12.4. The van der Waals surface area contributed by atoms with E-state index in [0.29, 0.717) is 0 Å². The molecule has 0 spiro atoms. The van der Waals surface area contributed by atoms with Crippen molar-refractivity contribution in [3.8, 4) is 11.3 Å². The number of nitrogens with zero attached hydrogens (tertiary/aromatic N) is 4. The molecule has 0 aliphatic rings. The van der Waals surface area contributed by atoms with Gasteiger partial charge in [0.05, 0.1) is 29.9 Å². The van der Waals surface area contributed by atoms with Crippen LogP contribution in [-0.2, 0) is 0 Å². The molecule has 0 radical (unpaired) electrons. The molecule has 0 aliphatic heterocycles. The van der Waals surface area contributed by atoms with Crippen molar-refractivity contribution in [2.24, 2.45) is 0 Å². The normalized spacial score (nSPS) is 10.7. The minimum atomic E-state index is 0.919. The molecule has 0 saturated heterocycles. The second-order valence-corrected chi connectivity index (χ2v) is 3.23. The third kappa shape index (κ3) is 1.36. The largest absolute Gasteiger partial charge is 0.303 e. The van der Waals surface area contributed by atoms with Gasteiger partial charge in [-0.2, -0.15) is 0 Å². The van der Waals surface area contributed by atoms with Crippen molar-refractivity contribution < 1.29 is 0 Å². The quantitative estimate of drug-likeness (QED) is 0.596. The molecular formula is C11H8N4. The number of fused-ring (bicyclic) bond motifs is 1. The number of hydrogen-bond donors (Lipinski definition) is 0. The van der Waals surface area contributed by atoms with Gasteiger partial charge in [-0.1, -0.05) is 0 Å². The molecule has 0 N–H and O–H groups in total. The first-order valence-corrected chi connectivity index (χ1v) is 4.61. The predicted molar refractivity (Wildman–Crippen MR) is 56.2 cm³/mol. The molecule has 0 unspecified atom stereocenters. The molecule has 3 heterocycles. The van der Waals surface area contributed by atoms with Crippen molar-refractivity contribution in [2.45, 2.75) is 0 Å². The molecule has 0 atom stereocenters. The number of imidazole rings is 1. The molecule has 3 aromatic heterocycles. The van der Waals surface area contributed by atoms with E-state index in [2.05, 4.69) is 15.0 Å². The first-order chi connectivity index (χ1) is 7.43. The topological polar surface area (TPSA) is 43.1 Å². The predicted octanol–water partition coefficient (Wildman–Crippen LogP) is 1.79. The van der Waals surface area contributed by atoms with Gasteiger partial charge >= 0.3 is 0 Å². The van der Waals surface area contributed by atoms with E-state index in [1.807, 2.05) is 28.9 Å². The minimum Gasteiger partial charge on any atom is -0.303 e. The van der Waals surface area contributed by atoms with Gasteiger partial charge in [-0.25, -0.2) is 4.98 Å². The highest BCUT2D eigenvalue weighted by Gasteiger charge is 2.00. The van der Waals surface area contributed by atoms with Crippen molar-refractivity contribution in [1.29, 1.82) is 0 Å². The van der Waals surface area contributed by atoms with Crippen LogP contribution in [0.5, 0.6) is 0 Å². The van der Waals surface area contributed by atoms with Crippen LogP contribution in [-0.4, -0.2) is 19.4 Å². The SMILES string of the molecule is c1cc(-c2cn3cncc3cn2)ccn1. The van der Waals surface area contributed by atoms with Crippen LogP contribution in [0.15, 0.2) is 49.4 Å². The zero-order chi connectivity index (χ0) is 10.1. The lowest BCUT2D eigenvalue weighted by atomic mass is 10.2. The van der Waals surface area contributed by atoms with Gasteiger partial charge < -0.3 is 4.40 Å². The molecule has 3 rings (SSSR count). The number of aromatic nitrogens is 4. The maximum absolute atomic E-state index is 4.36. The van der Waals surface area contributed by atoms with Crippen LogP contribution in [0.2, 0.25) is 0 Å². The van der Waals surface area contributed by atoms with Crippen molar-refractivity contribution in [3.63, 3.8) is 0 Å². The van der Waals surface area contributed by atoms with Crippen molar-refractivity contribution in [1.82, 2.24) is 19.4 Å². The summed E-state index contributed by atoms with van der Waals surface area (Å²) in [6, 6.07) is 3.87. The maximum Gasteiger partial charge on any atom is 0.0993 e. The number of pyridine rings is 1. The van der Waals surface area contributed by atoms with Gasteiger partial charge in [-0.3, -0.25) is 9.97 Å². The van der Waals surface area contributed by atoms with Gasteiger partial charge in [-0.05, 0) is 12.1 Å². The Labute approximate surface area is 86.3 Å². The van der Waals surface area contributed by atoms with Gasteiger partial charge in [-0.15, -0.1) is 0 Å². The maximum atomic E-state index is 4.36. The Morgan fingerprint density at radius 3 is 2.73 bits per heavy atom. The summed E-state index contributed by atoms with van der Waals surface area (Å²) in [5.41, 5.74) is 2.97. The Balaban J connectivity index is 2.19. The van der Waals surface area contributed by atoms with E-state index in [1.54, 1.807) is 24.9 Å². The molecule has 0 bridgehead atoms. The molecule has 0 aromatic carbocycles. The average Bonchev–Trinajstić information content (AvgIpc) is 2.77. The fourth-order valence-corrected chi connectivity index (χ4v) is 1.50. The lowest BCUT2D eigenvalue weighted by molar-refractivity contribution is 1.12. The highest BCUT2D eigenvalue weighted by Crippen LogP contribution is 2.15. The smallest absolute Gasteiger partial charge is 0.0993 e. The Morgan fingerprint density at radius 2 is 1.87 bits per heavy atom. The van der Waals surface area contributed by atoms with Gasteiger partial charge in [0.25, 0.3) is 0 Å². The fraction of sp³-hybridized carbons (Fsp3) is 0. The Kier molecular flexibility index (Phi) is 1.71. The number of hydrogen-bond acceptors (Lipinski definition) is 3. The Morgan fingerprint density at radius 1 is 1.00 bits per heavy atom. The second kappa shape index (κ2) is 3.16. The van der Waals surface area contributed by atoms with E-state index in [0.717, 1.165) is 16.8 Å². The summed E-state index contributed by atoms with van der Waals surface area (Å²) in [6.07, 6.45) is 10.8. The third-order valence-electron chi connectivity index (χ3n) is 2.27. The molecule has 3 aromatic rings. The lowest BCUT2D eigenvalue weighted by Crippen LogP contribution is -1.88. The summed E-state index contributed by atoms with van der Waals surface area (Å²) in [7, 11) is 0. The van der Waals surface area contributed by atoms with Crippen molar-refractivity contribution in [3.05, 3.63) is 49.4 Å². The Bertz CT molecular complexity index is 586. The van der Waals surface area contributed by atoms with E-state index in [1.165, 1.54) is 0 Å². The molecule has 0 aliphatic carbocycles. The zero-order valence-electron chi connectivity index (χ0n) is 7.91. The van der Waals surface area contributed by atoms with Crippen molar-refractivity contribution in [2.75, 3.05) is 0 Å². The molecule has 0 amide bonds. The summed E-state index contributed by atoms with van der Waals surface area (Å²) in [5.74, 6) is 0. The molecular weight excluding hydrogens is 188 g/mol. The Hall–Kier alpha value is -2.23. The second-order valence-electron chi connectivity index (χ2n) is 3.23. The van der Waals surface area contributed by atoms with Gasteiger partial charge in [0, 0.05) is 24.2 Å². The first-order valence-electron chi connectivity index (χ1n) is 4.61. The van der Waals surface area contributed by atoms with Crippen LogP contribution in [0.3, 0.4) is 0 Å². The third-order valence-corrected chi connectivity index (χ3v) is 2.27. The summed E-state index contributed by atoms with van der Waals surface area (Å²) < 4.78 is 1.95. The molecule has 0 saturated carbocycles. The van der Waals surface area contributed by atoms with Crippen LogP contribution in [0.1, 0.15) is 0 Å². The lowest BCUT2D eigenvalue weighted by Gasteiger charge is -2.00. The fourth-order valence-electron chi connectivity index (χ4n) is 1.50. The van der Waals surface area contributed by atoms with Crippen LogP contribution >= 0.6 is 0 Å². The summed E-state index contributed by atoms with van der Waals surface area (Å²) in [5, 5.41) is 0. The van der Waals surface area contributed by atoms with E-state index >= 15 is 0 Å². The molecule has 4 nitrogen and oxygen atoms in total. The molecule has 0 fully saturated rings. The highest BCUT2D eigenvalue weighted by atomic mass is 15.0. The zero-order valence-corrected chi connectivity index (χ0v) is 7.91. The van der Waals surface area contributed by atoms with E-state index < -0.39 is 0 Å². The summed E-state index contributed by atoms with van der Waals surface area (Å²) in [6.45, 7) is 0. The standard InChI is InChI=1S/C11H8N4/c1-3-12-4-2-9(1)11-7-15-8-13-5-10(15)6-14-11/h1-8H. The minimum absolute atomic E-state index is 0.919. The molecule has 15 heavy (non-hydrogen) atoms. The molecule has 4 heteroatoms. The summed E-state index contributed by atoms with van der Waals surface area (Å²) >= 11 is 0. The van der Waals surface area contributed by atoms with E-state index in [-0.39, 0.29) is 0 Å². The van der Waals surface area contributed by atoms with Crippen LogP contribution in [0.4, 0.5) is 0 Å². The average molecular weight is 196 g/mol. The van der Waals surface area contributed by atoms with Crippen molar-refractivity contribution >= 4 is 5.52 Å². The monoisotopic (exact) mass is 196 g/mol.